The van der Waals surface area contributed by atoms with Gasteiger partial charge in [-0.1, -0.05) is 19.8 Å². The summed E-state index contributed by atoms with van der Waals surface area (Å²) in [7, 11) is 0. The molecule has 2 rings (SSSR count). The summed E-state index contributed by atoms with van der Waals surface area (Å²) >= 11 is 0. The zero-order valence-electron chi connectivity index (χ0n) is 12.0. The van der Waals surface area contributed by atoms with Crippen molar-refractivity contribution in [3.05, 3.63) is 28.7 Å². The molecule has 0 aliphatic heterocycles. The monoisotopic (exact) mass is 277 g/mol. The summed E-state index contributed by atoms with van der Waals surface area (Å²) in [5.74, 6) is -0.127. The molecule has 1 fully saturated rings. The maximum atomic E-state index is 12.0. The van der Waals surface area contributed by atoms with Crippen LogP contribution in [0.1, 0.15) is 39.0 Å². The molecule has 20 heavy (non-hydrogen) atoms. The maximum Gasteiger partial charge on any atom is 0.251 e. The van der Waals surface area contributed by atoms with Crippen molar-refractivity contribution in [3.8, 4) is 0 Å². The molecule has 1 aliphatic carbocycles. The molecule has 1 aromatic heterocycles. The standard InChI is InChI=1S/C15H23N3O2/c1-2-15(7-3-4-8-15)11-17-13(19)10-18-9-12(16)5-6-14(18)20/h5-6,9H,2-4,7-8,10-11,16H2,1H3,(H,17,19). The molecule has 0 spiro atoms. The second kappa shape index (κ2) is 6.11. The van der Waals surface area contributed by atoms with Crippen molar-refractivity contribution in [2.75, 3.05) is 12.3 Å². The maximum absolute atomic E-state index is 12.0. The Morgan fingerprint density at radius 3 is 2.75 bits per heavy atom. The Bertz CT molecular complexity index is 530. The lowest BCUT2D eigenvalue weighted by atomic mass is 9.83. The molecule has 1 heterocycles. The summed E-state index contributed by atoms with van der Waals surface area (Å²) in [6.45, 7) is 2.92. The van der Waals surface area contributed by atoms with E-state index in [4.69, 9.17) is 5.73 Å². The number of carbonyl (C=O) groups excluding carboxylic acids is 1. The third-order valence-corrected chi connectivity index (χ3v) is 4.40. The van der Waals surface area contributed by atoms with Crippen LogP contribution in [-0.4, -0.2) is 17.0 Å². The van der Waals surface area contributed by atoms with E-state index >= 15 is 0 Å². The van der Waals surface area contributed by atoms with Crippen LogP contribution in [0.25, 0.3) is 0 Å². The van der Waals surface area contributed by atoms with Gasteiger partial charge in [-0.15, -0.1) is 0 Å². The van der Waals surface area contributed by atoms with E-state index in [2.05, 4.69) is 12.2 Å². The fourth-order valence-electron chi connectivity index (χ4n) is 2.95. The molecular weight excluding hydrogens is 254 g/mol. The molecule has 0 saturated heterocycles. The summed E-state index contributed by atoms with van der Waals surface area (Å²) < 4.78 is 1.35. The van der Waals surface area contributed by atoms with Crippen LogP contribution in [-0.2, 0) is 11.3 Å². The predicted molar refractivity (Wildman–Crippen MR) is 79.3 cm³/mol. The molecule has 5 heteroatoms. The van der Waals surface area contributed by atoms with Gasteiger partial charge in [-0.25, -0.2) is 0 Å². The Labute approximate surface area is 119 Å². The molecule has 3 N–H and O–H groups in total. The van der Waals surface area contributed by atoms with Crippen molar-refractivity contribution in [3.63, 3.8) is 0 Å². The average molecular weight is 277 g/mol. The van der Waals surface area contributed by atoms with Gasteiger partial charge in [-0.05, 0) is 30.7 Å². The normalized spacial score (nSPS) is 17.1. The molecule has 110 valence electrons. The van der Waals surface area contributed by atoms with Gasteiger partial charge in [-0.2, -0.15) is 0 Å². The molecule has 1 aliphatic rings. The summed E-state index contributed by atoms with van der Waals surface area (Å²) in [4.78, 5) is 23.6. The van der Waals surface area contributed by atoms with Gasteiger partial charge >= 0.3 is 0 Å². The number of hydrogen-bond donors (Lipinski definition) is 2. The summed E-state index contributed by atoms with van der Waals surface area (Å²) in [5.41, 5.74) is 6.16. The zero-order valence-corrected chi connectivity index (χ0v) is 12.0. The van der Waals surface area contributed by atoms with E-state index in [1.54, 1.807) is 6.07 Å². The highest BCUT2D eigenvalue weighted by Gasteiger charge is 2.32. The number of hydrogen-bond acceptors (Lipinski definition) is 3. The van der Waals surface area contributed by atoms with E-state index in [9.17, 15) is 9.59 Å². The molecular formula is C15H23N3O2. The van der Waals surface area contributed by atoms with Crippen molar-refractivity contribution in [1.29, 1.82) is 0 Å². The number of carbonyl (C=O) groups is 1. The quantitative estimate of drug-likeness (QED) is 0.856. The summed E-state index contributed by atoms with van der Waals surface area (Å²) in [6.07, 6.45) is 7.46. The van der Waals surface area contributed by atoms with Crippen LogP contribution in [0.15, 0.2) is 23.1 Å². The first-order valence-electron chi connectivity index (χ1n) is 7.27. The zero-order chi connectivity index (χ0) is 14.6. The highest BCUT2D eigenvalue weighted by Crippen LogP contribution is 2.40. The first-order chi connectivity index (χ1) is 9.54. The van der Waals surface area contributed by atoms with Gasteiger partial charge in [0.05, 0.1) is 0 Å². The fraction of sp³-hybridized carbons (Fsp3) is 0.600. The number of nitrogens with one attached hydrogen (secondary N) is 1. The largest absolute Gasteiger partial charge is 0.398 e. The van der Waals surface area contributed by atoms with Gasteiger partial charge in [0.15, 0.2) is 0 Å². The van der Waals surface area contributed by atoms with Gasteiger partial charge in [0.2, 0.25) is 5.91 Å². The molecule has 1 amide bonds. The van der Waals surface area contributed by atoms with Crippen LogP contribution in [0, 0.1) is 5.41 Å². The van der Waals surface area contributed by atoms with Crippen LogP contribution >= 0.6 is 0 Å². The van der Waals surface area contributed by atoms with Gasteiger partial charge < -0.3 is 15.6 Å². The Balaban J connectivity index is 1.92. The Morgan fingerprint density at radius 2 is 2.10 bits per heavy atom. The molecule has 0 unspecified atom stereocenters. The fourth-order valence-corrected chi connectivity index (χ4v) is 2.95. The minimum Gasteiger partial charge on any atom is -0.398 e. The van der Waals surface area contributed by atoms with Crippen LogP contribution < -0.4 is 16.6 Å². The van der Waals surface area contributed by atoms with Crippen molar-refractivity contribution in [1.82, 2.24) is 9.88 Å². The number of nitrogens with two attached hydrogens (primary N) is 1. The Morgan fingerprint density at radius 1 is 1.40 bits per heavy atom. The second-order valence-electron chi connectivity index (χ2n) is 5.77. The minimum atomic E-state index is -0.208. The van der Waals surface area contributed by atoms with E-state index < -0.39 is 0 Å². The minimum absolute atomic E-state index is 0.0314. The molecule has 0 radical (unpaired) electrons. The van der Waals surface area contributed by atoms with Crippen LogP contribution in [0.4, 0.5) is 5.69 Å². The van der Waals surface area contributed by atoms with Crippen molar-refractivity contribution in [2.24, 2.45) is 5.41 Å². The van der Waals surface area contributed by atoms with E-state index in [-0.39, 0.29) is 23.4 Å². The van der Waals surface area contributed by atoms with Crippen LogP contribution in [0.2, 0.25) is 0 Å². The average Bonchev–Trinajstić information content (AvgIpc) is 2.90. The van der Waals surface area contributed by atoms with E-state index in [1.165, 1.54) is 42.5 Å². The first kappa shape index (κ1) is 14.6. The van der Waals surface area contributed by atoms with Gasteiger partial charge in [0.25, 0.3) is 5.56 Å². The molecule has 1 aromatic rings. The molecule has 0 atom stereocenters. The van der Waals surface area contributed by atoms with Crippen molar-refractivity contribution in [2.45, 2.75) is 45.6 Å². The number of amides is 1. The lowest BCUT2D eigenvalue weighted by molar-refractivity contribution is -0.122. The van der Waals surface area contributed by atoms with Crippen molar-refractivity contribution < 1.29 is 4.79 Å². The Kier molecular flexibility index (Phi) is 4.47. The smallest absolute Gasteiger partial charge is 0.251 e. The number of rotatable bonds is 5. The van der Waals surface area contributed by atoms with Gasteiger partial charge in [-0.3, -0.25) is 9.59 Å². The number of pyridine rings is 1. The third kappa shape index (κ3) is 3.40. The van der Waals surface area contributed by atoms with E-state index in [0.717, 1.165) is 6.42 Å². The molecule has 5 nitrogen and oxygen atoms in total. The number of aromatic nitrogens is 1. The molecule has 1 saturated carbocycles. The van der Waals surface area contributed by atoms with Gasteiger partial charge in [0.1, 0.15) is 6.54 Å². The lowest BCUT2D eigenvalue weighted by Crippen LogP contribution is -2.38. The predicted octanol–water partition coefficient (Wildman–Crippen LogP) is 1.52. The van der Waals surface area contributed by atoms with E-state index in [0.29, 0.717) is 12.2 Å². The van der Waals surface area contributed by atoms with E-state index in [1.807, 2.05) is 0 Å². The van der Waals surface area contributed by atoms with Crippen LogP contribution in [0.5, 0.6) is 0 Å². The SMILES string of the molecule is CCC1(CNC(=O)Cn2cc(N)ccc2=O)CCCC1. The first-order valence-corrected chi connectivity index (χ1v) is 7.27. The topological polar surface area (TPSA) is 77.1 Å². The molecule has 0 bridgehead atoms. The highest BCUT2D eigenvalue weighted by atomic mass is 16.2. The van der Waals surface area contributed by atoms with Crippen LogP contribution in [0.3, 0.4) is 0 Å². The van der Waals surface area contributed by atoms with Crippen molar-refractivity contribution >= 4 is 11.6 Å². The highest BCUT2D eigenvalue weighted by molar-refractivity contribution is 5.75. The molecule has 0 aromatic carbocycles. The lowest BCUT2D eigenvalue weighted by Gasteiger charge is -2.27. The summed E-state index contributed by atoms with van der Waals surface area (Å²) in [5, 5.41) is 2.97. The number of anilines is 1. The third-order valence-electron chi connectivity index (χ3n) is 4.40. The summed E-state index contributed by atoms with van der Waals surface area (Å²) in [6, 6.07) is 2.93. The number of nitrogens with zero attached hydrogens (tertiary/aromatic N) is 1. The Hall–Kier alpha value is -1.78. The number of nitrogen functional groups attached to an aromatic ring is 1. The second-order valence-corrected chi connectivity index (χ2v) is 5.77. The van der Waals surface area contributed by atoms with Gasteiger partial charge in [0, 0.05) is 24.5 Å².